The van der Waals surface area contributed by atoms with Crippen molar-refractivity contribution in [1.29, 1.82) is 0 Å². The van der Waals surface area contributed by atoms with Gasteiger partial charge in [-0.15, -0.1) is 0 Å². The monoisotopic (exact) mass is 344 g/mol. The summed E-state index contributed by atoms with van der Waals surface area (Å²) in [6.45, 7) is -2.45. The van der Waals surface area contributed by atoms with E-state index in [4.69, 9.17) is 24.8 Å². The summed E-state index contributed by atoms with van der Waals surface area (Å²) in [5, 5.41) is 84.9. The van der Waals surface area contributed by atoms with E-state index in [9.17, 15) is 30.6 Å². The molecule has 0 aliphatic carbocycles. The van der Waals surface area contributed by atoms with E-state index in [0.29, 0.717) is 0 Å². The Kier molecular flexibility index (Phi) is 8.20. The number of aliphatic hydroxyl groups is 9. The van der Waals surface area contributed by atoms with E-state index in [0.717, 1.165) is 0 Å². The summed E-state index contributed by atoms with van der Waals surface area (Å²) in [6.07, 6.45) is -15.1. The molecule has 0 saturated carbocycles. The van der Waals surface area contributed by atoms with Crippen LogP contribution in [0.1, 0.15) is 0 Å². The summed E-state index contributed by atoms with van der Waals surface area (Å²) in [7, 11) is 0. The van der Waals surface area contributed by atoms with Crippen molar-refractivity contribution < 1.29 is 55.4 Å². The maximum Gasteiger partial charge on any atom is 0.187 e. The van der Waals surface area contributed by atoms with Crippen LogP contribution >= 0.6 is 0 Å². The van der Waals surface area contributed by atoms with Gasteiger partial charge in [-0.1, -0.05) is 0 Å². The fourth-order valence-corrected chi connectivity index (χ4v) is 2.16. The molecule has 1 saturated heterocycles. The van der Waals surface area contributed by atoms with Gasteiger partial charge in [0.1, 0.15) is 48.8 Å². The van der Waals surface area contributed by atoms with Crippen LogP contribution in [0.2, 0.25) is 0 Å². The highest BCUT2D eigenvalue weighted by Gasteiger charge is 2.46. The molecule has 1 rings (SSSR count). The molecule has 138 valence electrons. The van der Waals surface area contributed by atoms with Crippen LogP contribution in [-0.4, -0.2) is 121 Å². The zero-order valence-electron chi connectivity index (χ0n) is 12.2. The van der Waals surface area contributed by atoms with Gasteiger partial charge < -0.3 is 55.4 Å². The Morgan fingerprint density at radius 2 is 1.39 bits per heavy atom. The van der Waals surface area contributed by atoms with Crippen molar-refractivity contribution in [3.63, 3.8) is 0 Å². The lowest BCUT2D eigenvalue weighted by molar-refractivity contribution is -0.327. The quantitative estimate of drug-likeness (QED) is 0.203. The molecule has 1 aliphatic heterocycles. The Labute approximate surface area is 131 Å². The largest absolute Gasteiger partial charge is 0.394 e. The van der Waals surface area contributed by atoms with Crippen molar-refractivity contribution >= 4 is 0 Å². The molecule has 0 aromatic rings. The lowest BCUT2D eigenvalue weighted by Crippen LogP contribution is -2.61. The first kappa shape index (κ1) is 20.6. The molecule has 1 aliphatic rings. The minimum absolute atomic E-state index is 0.708. The molecule has 11 heteroatoms. The third-order valence-corrected chi connectivity index (χ3v) is 3.62. The molecule has 0 bridgehead atoms. The number of hydrogen-bond donors (Lipinski definition) is 9. The standard InChI is InChI=1S/C12H24O11/c13-1-4(16)7(18)11(5(17)2-14)23-12-10(21)9(20)8(19)6(3-15)22-12/h4-21H,1-3H2/t4-,5+,6-,7+,8+,9+,10-,11+,12+/m0/s1. The molecular formula is C12H24O11. The fraction of sp³-hybridized carbons (Fsp3) is 1.00. The van der Waals surface area contributed by atoms with E-state index in [1.165, 1.54) is 0 Å². The molecule has 0 amide bonds. The minimum atomic E-state index is -1.85. The van der Waals surface area contributed by atoms with Gasteiger partial charge in [0.05, 0.1) is 19.8 Å². The second-order valence-corrected chi connectivity index (χ2v) is 5.29. The number of hydrogen-bond acceptors (Lipinski definition) is 11. The highest BCUT2D eigenvalue weighted by atomic mass is 16.7. The Bertz CT molecular complexity index is 341. The van der Waals surface area contributed by atoms with Crippen LogP contribution in [0.25, 0.3) is 0 Å². The number of aliphatic hydroxyl groups excluding tert-OH is 9. The van der Waals surface area contributed by atoms with E-state index in [2.05, 4.69) is 0 Å². The lowest BCUT2D eigenvalue weighted by atomic mass is 9.98. The van der Waals surface area contributed by atoms with Crippen LogP contribution in [0.3, 0.4) is 0 Å². The van der Waals surface area contributed by atoms with E-state index in [-0.39, 0.29) is 0 Å². The van der Waals surface area contributed by atoms with Crippen molar-refractivity contribution in [2.75, 3.05) is 19.8 Å². The lowest BCUT2D eigenvalue weighted by Gasteiger charge is -2.42. The van der Waals surface area contributed by atoms with E-state index in [1.54, 1.807) is 0 Å². The zero-order valence-corrected chi connectivity index (χ0v) is 12.2. The minimum Gasteiger partial charge on any atom is -0.394 e. The van der Waals surface area contributed by atoms with Crippen molar-refractivity contribution in [2.24, 2.45) is 0 Å². The molecule has 0 radical (unpaired) electrons. The summed E-state index contributed by atoms with van der Waals surface area (Å²) in [6, 6.07) is 0. The first-order chi connectivity index (χ1) is 10.8. The summed E-state index contributed by atoms with van der Waals surface area (Å²) < 4.78 is 10.1. The predicted octanol–water partition coefficient (Wildman–Crippen LogP) is -5.76. The summed E-state index contributed by atoms with van der Waals surface area (Å²) in [5.41, 5.74) is 0. The highest BCUT2D eigenvalue weighted by Crippen LogP contribution is 2.24. The SMILES string of the molecule is OC[C@@H](O)[C@@H](O[C@H]1O[C@@H](CO)[C@@H](O)[C@@H](O)[C@@H]1O)[C@H](O)[C@@H](O)CO. The van der Waals surface area contributed by atoms with E-state index >= 15 is 0 Å². The first-order valence-corrected chi connectivity index (χ1v) is 7.00. The van der Waals surface area contributed by atoms with Gasteiger partial charge >= 0.3 is 0 Å². The molecule has 1 fully saturated rings. The third kappa shape index (κ3) is 4.78. The van der Waals surface area contributed by atoms with Crippen LogP contribution in [0, 0.1) is 0 Å². The van der Waals surface area contributed by atoms with Crippen molar-refractivity contribution in [3.05, 3.63) is 0 Å². The van der Waals surface area contributed by atoms with Crippen LogP contribution < -0.4 is 0 Å². The first-order valence-electron chi connectivity index (χ1n) is 7.00. The maximum atomic E-state index is 9.83. The molecule has 0 aromatic heterocycles. The topological polar surface area (TPSA) is 201 Å². The van der Waals surface area contributed by atoms with Crippen LogP contribution in [0.4, 0.5) is 0 Å². The van der Waals surface area contributed by atoms with E-state index in [1.807, 2.05) is 0 Å². The van der Waals surface area contributed by atoms with Gasteiger partial charge in [-0.3, -0.25) is 0 Å². The normalized spacial score (nSPS) is 37.2. The molecule has 1 heterocycles. The summed E-state index contributed by atoms with van der Waals surface area (Å²) >= 11 is 0. The number of ether oxygens (including phenoxy) is 2. The fourth-order valence-electron chi connectivity index (χ4n) is 2.16. The smallest absolute Gasteiger partial charge is 0.187 e. The molecule has 0 spiro atoms. The average Bonchev–Trinajstić information content (AvgIpc) is 2.57. The molecule has 9 atom stereocenters. The van der Waals surface area contributed by atoms with Crippen molar-refractivity contribution in [1.82, 2.24) is 0 Å². The van der Waals surface area contributed by atoms with Gasteiger partial charge in [-0.05, 0) is 0 Å². The Morgan fingerprint density at radius 1 is 0.826 bits per heavy atom. The van der Waals surface area contributed by atoms with Crippen LogP contribution in [-0.2, 0) is 9.47 Å². The summed E-state index contributed by atoms with van der Waals surface area (Å²) in [4.78, 5) is 0. The Balaban J connectivity index is 2.89. The van der Waals surface area contributed by atoms with Gasteiger partial charge in [0.15, 0.2) is 6.29 Å². The van der Waals surface area contributed by atoms with Crippen molar-refractivity contribution in [3.8, 4) is 0 Å². The Hall–Kier alpha value is -0.440. The van der Waals surface area contributed by atoms with Gasteiger partial charge in [-0.2, -0.15) is 0 Å². The second kappa shape index (κ2) is 9.15. The van der Waals surface area contributed by atoms with Crippen LogP contribution in [0.5, 0.6) is 0 Å². The highest BCUT2D eigenvalue weighted by molar-refractivity contribution is 4.91. The number of rotatable bonds is 8. The average molecular weight is 344 g/mol. The molecule has 0 unspecified atom stereocenters. The van der Waals surface area contributed by atoms with Gasteiger partial charge in [0.2, 0.25) is 0 Å². The van der Waals surface area contributed by atoms with Gasteiger partial charge in [0, 0.05) is 0 Å². The summed E-state index contributed by atoms with van der Waals surface area (Å²) in [5.74, 6) is 0. The zero-order chi connectivity index (χ0) is 17.7. The van der Waals surface area contributed by atoms with E-state index < -0.39 is 74.9 Å². The second-order valence-electron chi connectivity index (χ2n) is 5.29. The van der Waals surface area contributed by atoms with Crippen LogP contribution in [0.15, 0.2) is 0 Å². The predicted molar refractivity (Wildman–Crippen MR) is 70.8 cm³/mol. The molecular weight excluding hydrogens is 320 g/mol. The molecule has 11 nitrogen and oxygen atoms in total. The molecule has 9 N–H and O–H groups in total. The third-order valence-electron chi connectivity index (χ3n) is 3.62. The maximum absolute atomic E-state index is 9.83. The molecule has 0 aromatic carbocycles. The van der Waals surface area contributed by atoms with Gasteiger partial charge in [-0.25, -0.2) is 0 Å². The van der Waals surface area contributed by atoms with Gasteiger partial charge in [0.25, 0.3) is 0 Å². The molecule has 23 heavy (non-hydrogen) atoms. The van der Waals surface area contributed by atoms with Crippen molar-refractivity contribution in [2.45, 2.75) is 55.1 Å². The Morgan fingerprint density at radius 3 is 1.87 bits per heavy atom.